The molecule has 4 heteroatoms. The van der Waals surface area contributed by atoms with Crippen molar-refractivity contribution in [2.24, 2.45) is 0 Å². The molecule has 0 atom stereocenters. The van der Waals surface area contributed by atoms with E-state index < -0.39 is 0 Å². The first kappa shape index (κ1) is 18.3. The summed E-state index contributed by atoms with van der Waals surface area (Å²) in [5, 5.41) is 17.2. The molecule has 0 fully saturated rings. The number of nitrogens with one attached hydrogen (secondary N) is 1. The van der Waals surface area contributed by atoms with Crippen LogP contribution in [0.15, 0.2) is 66.9 Å². The summed E-state index contributed by atoms with van der Waals surface area (Å²) in [6.07, 6.45) is 1.84. The zero-order chi connectivity index (χ0) is 19.5. The third kappa shape index (κ3) is 3.51. The molecule has 0 aliphatic carbocycles. The van der Waals surface area contributed by atoms with E-state index in [0.717, 1.165) is 52.9 Å². The van der Waals surface area contributed by atoms with Crippen LogP contribution in [0.1, 0.15) is 19.4 Å². The molecule has 0 bridgehead atoms. The van der Waals surface area contributed by atoms with Crippen molar-refractivity contribution in [3.8, 4) is 5.75 Å². The largest absolute Gasteiger partial charge is 0.508 e. The Morgan fingerprint density at radius 2 is 1.75 bits per heavy atom. The lowest BCUT2D eigenvalue weighted by Gasteiger charge is -2.19. The molecule has 0 radical (unpaired) electrons. The van der Waals surface area contributed by atoms with Gasteiger partial charge < -0.3 is 10.4 Å². The zero-order valence-corrected chi connectivity index (χ0v) is 16.3. The summed E-state index contributed by atoms with van der Waals surface area (Å²) in [6.45, 7) is 6.91. The number of rotatable bonds is 6. The van der Waals surface area contributed by atoms with Crippen molar-refractivity contribution in [2.75, 3.05) is 18.4 Å². The van der Waals surface area contributed by atoms with Crippen LogP contribution in [0, 0.1) is 0 Å². The summed E-state index contributed by atoms with van der Waals surface area (Å²) < 4.78 is 0. The number of aromatic nitrogens is 1. The number of hydrogen-bond donors (Lipinski definition) is 2. The summed E-state index contributed by atoms with van der Waals surface area (Å²) in [5.74, 6) is 0.336. The second-order valence-corrected chi connectivity index (χ2v) is 6.97. The lowest BCUT2D eigenvalue weighted by molar-refractivity contribution is 0.291. The van der Waals surface area contributed by atoms with E-state index in [9.17, 15) is 5.11 Å². The van der Waals surface area contributed by atoms with Crippen LogP contribution in [0.4, 0.5) is 11.4 Å². The predicted octanol–water partition coefficient (Wildman–Crippen LogP) is 5.68. The lowest BCUT2D eigenvalue weighted by atomic mass is 10.0. The number of anilines is 2. The second-order valence-electron chi connectivity index (χ2n) is 6.97. The first-order valence-electron chi connectivity index (χ1n) is 9.77. The maximum atomic E-state index is 10.3. The average Bonchev–Trinajstić information content (AvgIpc) is 2.74. The highest BCUT2D eigenvalue weighted by Gasteiger charge is 2.10. The minimum atomic E-state index is 0.336. The Morgan fingerprint density at radius 3 is 2.57 bits per heavy atom. The number of pyridine rings is 1. The molecule has 0 aliphatic rings. The van der Waals surface area contributed by atoms with Gasteiger partial charge in [-0.3, -0.25) is 9.88 Å². The SMILES string of the molecule is CCN(CC)Cc1cc(Nc2ccnc3c2ccc2ccccc23)ccc1O. The van der Waals surface area contributed by atoms with Crippen LogP contribution in [-0.4, -0.2) is 28.1 Å². The van der Waals surface area contributed by atoms with Crippen molar-refractivity contribution < 1.29 is 5.11 Å². The van der Waals surface area contributed by atoms with Crippen LogP contribution in [-0.2, 0) is 6.54 Å². The molecule has 4 aromatic rings. The summed E-state index contributed by atoms with van der Waals surface area (Å²) in [5.41, 5.74) is 3.89. The Bertz CT molecular complexity index is 1120. The number of nitrogens with zero attached hydrogens (tertiary/aromatic N) is 2. The van der Waals surface area contributed by atoms with E-state index in [1.165, 1.54) is 5.39 Å². The van der Waals surface area contributed by atoms with Crippen LogP contribution in [0.2, 0.25) is 0 Å². The second kappa shape index (κ2) is 7.87. The van der Waals surface area contributed by atoms with Crippen molar-refractivity contribution >= 4 is 33.1 Å². The molecule has 3 aromatic carbocycles. The molecular weight excluding hydrogens is 346 g/mol. The van der Waals surface area contributed by atoms with Gasteiger partial charge in [-0.2, -0.15) is 0 Å². The minimum absolute atomic E-state index is 0.336. The van der Waals surface area contributed by atoms with Gasteiger partial charge in [0.25, 0.3) is 0 Å². The van der Waals surface area contributed by atoms with Gasteiger partial charge >= 0.3 is 0 Å². The molecule has 0 unspecified atom stereocenters. The fraction of sp³-hybridized carbons (Fsp3) is 0.208. The Balaban J connectivity index is 1.71. The van der Waals surface area contributed by atoms with E-state index in [-0.39, 0.29) is 0 Å². The van der Waals surface area contributed by atoms with E-state index in [4.69, 9.17) is 0 Å². The normalized spacial score (nSPS) is 11.4. The molecule has 0 aliphatic heterocycles. The number of phenolic OH excluding ortho intramolecular Hbond substituents is 1. The van der Waals surface area contributed by atoms with E-state index in [0.29, 0.717) is 5.75 Å². The fourth-order valence-corrected chi connectivity index (χ4v) is 3.63. The molecule has 4 nitrogen and oxygen atoms in total. The average molecular weight is 371 g/mol. The maximum absolute atomic E-state index is 10.3. The molecular formula is C24H25N3O. The van der Waals surface area contributed by atoms with Crippen molar-refractivity contribution in [2.45, 2.75) is 20.4 Å². The van der Waals surface area contributed by atoms with E-state index in [1.807, 2.05) is 36.5 Å². The number of fused-ring (bicyclic) bond motifs is 3. The highest BCUT2D eigenvalue weighted by molar-refractivity contribution is 6.09. The molecule has 0 saturated heterocycles. The topological polar surface area (TPSA) is 48.4 Å². The van der Waals surface area contributed by atoms with Crippen molar-refractivity contribution in [3.05, 3.63) is 72.4 Å². The van der Waals surface area contributed by atoms with Crippen LogP contribution in [0.5, 0.6) is 5.75 Å². The highest BCUT2D eigenvalue weighted by Crippen LogP contribution is 2.31. The quantitative estimate of drug-likeness (QED) is 0.338. The minimum Gasteiger partial charge on any atom is -0.508 e. The molecule has 1 aromatic heterocycles. The van der Waals surface area contributed by atoms with Gasteiger partial charge in [0.15, 0.2) is 0 Å². The van der Waals surface area contributed by atoms with Crippen LogP contribution in [0.3, 0.4) is 0 Å². The number of benzene rings is 3. The summed E-state index contributed by atoms with van der Waals surface area (Å²) in [4.78, 5) is 6.90. The Hall–Kier alpha value is -3.11. The molecule has 0 saturated carbocycles. The van der Waals surface area contributed by atoms with Crippen LogP contribution < -0.4 is 5.32 Å². The Kier molecular flexibility index (Phi) is 5.13. The van der Waals surface area contributed by atoms with Crippen molar-refractivity contribution in [1.82, 2.24) is 9.88 Å². The summed E-state index contributed by atoms with van der Waals surface area (Å²) >= 11 is 0. The number of hydrogen-bond acceptors (Lipinski definition) is 4. The number of phenols is 1. The smallest absolute Gasteiger partial charge is 0.120 e. The van der Waals surface area contributed by atoms with Crippen LogP contribution >= 0.6 is 0 Å². The van der Waals surface area contributed by atoms with Gasteiger partial charge in [-0.1, -0.05) is 50.2 Å². The Morgan fingerprint density at radius 1 is 0.929 bits per heavy atom. The number of aromatic hydroxyl groups is 1. The molecule has 142 valence electrons. The van der Waals surface area contributed by atoms with E-state index in [2.05, 4.69) is 53.3 Å². The standard InChI is InChI=1S/C24H25N3O/c1-3-27(4-2)16-18-15-19(10-12-23(18)28)26-22-13-14-25-24-20-8-6-5-7-17(20)9-11-21(22)24/h5-15,28H,3-4,16H2,1-2H3,(H,25,26). The molecule has 0 spiro atoms. The van der Waals surface area contributed by atoms with Gasteiger partial charge in [0.1, 0.15) is 5.75 Å². The molecule has 28 heavy (non-hydrogen) atoms. The molecule has 2 N–H and O–H groups in total. The van der Waals surface area contributed by atoms with Gasteiger partial charge in [0, 0.05) is 40.5 Å². The lowest BCUT2D eigenvalue weighted by Crippen LogP contribution is -2.22. The Labute approximate surface area is 165 Å². The third-order valence-electron chi connectivity index (χ3n) is 5.28. The van der Waals surface area contributed by atoms with Crippen LogP contribution in [0.25, 0.3) is 21.7 Å². The van der Waals surface area contributed by atoms with E-state index >= 15 is 0 Å². The van der Waals surface area contributed by atoms with Crippen molar-refractivity contribution in [3.63, 3.8) is 0 Å². The first-order chi connectivity index (χ1) is 13.7. The zero-order valence-electron chi connectivity index (χ0n) is 16.3. The summed E-state index contributed by atoms with van der Waals surface area (Å²) in [7, 11) is 0. The van der Waals surface area contributed by atoms with Gasteiger partial charge in [0.05, 0.1) is 5.52 Å². The maximum Gasteiger partial charge on any atom is 0.120 e. The molecule has 4 rings (SSSR count). The molecule has 0 amide bonds. The monoisotopic (exact) mass is 371 g/mol. The highest BCUT2D eigenvalue weighted by atomic mass is 16.3. The van der Waals surface area contributed by atoms with Gasteiger partial charge in [0.2, 0.25) is 0 Å². The predicted molar refractivity (Wildman–Crippen MR) is 117 cm³/mol. The van der Waals surface area contributed by atoms with Gasteiger partial charge in [-0.15, -0.1) is 0 Å². The van der Waals surface area contributed by atoms with E-state index in [1.54, 1.807) is 6.07 Å². The fourth-order valence-electron chi connectivity index (χ4n) is 3.63. The van der Waals surface area contributed by atoms with Gasteiger partial charge in [-0.05, 0) is 42.7 Å². The first-order valence-corrected chi connectivity index (χ1v) is 9.77. The van der Waals surface area contributed by atoms with Gasteiger partial charge in [-0.25, -0.2) is 0 Å². The third-order valence-corrected chi connectivity index (χ3v) is 5.28. The molecule has 1 heterocycles. The summed E-state index contributed by atoms with van der Waals surface area (Å²) in [6, 6.07) is 20.3. The van der Waals surface area contributed by atoms with Crippen molar-refractivity contribution in [1.29, 1.82) is 0 Å².